The standard InChI is InChI=1S/C18H18ClN3O2S/c1-11(2)25(23,24)16-9-13(8-15-17(16)22-18(20)21-15)14(10-19)12-6-4-3-5-7-12/h3-11H,1-2H3,(H3,20,21,22)/b14-10+. The van der Waals surface area contributed by atoms with Crippen LogP contribution in [0.4, 0.5) is 5.95 Å². The van der Waals surface area contributed by atoms with Crippen molar-refractivity contribution in [3.05, 3.63) is 59.1 Å². The second-order valence-electron chi connectivity index (χ2n) is 5.98. The van der Waals surface area contributed by atoms with E-state index in [0.29, 0.717) is 16.6 Å². The molecular formula is C18H18ClN3O2S. The fourth-order valence-electron chi connectivity index (χ4n) is 2.64. The lowest BCUT2D eigenvalue weighted by Gasteiger charge is -2.12. The van der Waals surface area contributed by atoms with Crippen LogP contribution in [0.25, 0.3) is 16.6 Å². The second-order valence-corrected chi connectivity index (χ2v) is 8.67. The Bertz CT molecular complexity index is 1050. The smallest absolute Gasteiger partial charge is 0.198 e. The number of aromatic nitrogens is 2. The molecule has 7 heteroatoms. The lowest BCUT2D eigenvalue weighted by molar-refractivity contribution is 0.588. The molecule has 0 unspecified atom stereocenters. The Morgan fingerprint density at radius 3 is 2.48 bits per heavy atom. The Kier molecular flexibility index (Phi) is 4.58. The van der Waals surface area contributed by atoms with Gasteiger partial charge in [-0.3, -0.25) is 0 Å². The van der Waals surface area contributed by atoms with Gasteiger partial charge in [0.05, 0.1) is 15.7 Å². The van der Waals surface area contributed by atoms with E-state index >= 15 is 0 Å². The quantitative estimate of drug-likeness (QED) is 0.722. The summed E-state index contributed by atoms with van der Waals surface area (Å²) in [6, 6.07) is 12.9. The number of hydrogen-bond donors (Lipinski definition) is 2. The summed E-state index contributed by atoms with van der Waals surface area (Å²) in [4.78, 5) is 7.21. The number of nitrogen functional groups attached to an aromatic ring is 1. The normalized spacial score (nSPS) is 12.9. The topological polar surface area (TPSA) is 88.8 Å². The van der Waals surface area contributed by atoms with Gasteiger partial charge in [0, 0.05) is 11.1 Å². The number of anilines is 1. The summed E-state index contributed by atoms with van der Waals surface area (Å²) in [6.45, 7) is 3.28. The van der Waals surface area contributed by atoms with E-state index in [1.165, 1.54) is 5.54 Å². The second kappa shape index (κ2) is 6.54. The molecule has 0 radical (unpaired) electrons. The predicted molar refractivity (Wildman–Crippen MR) is 102 cm³/mol. The predicted octanol–water partition coefficient (Wildman–Crippen LogP) is 3.96. The van der Waals surface area contributed by atoms with Crippen LogP contribution >= 0.6 is 11.6 Å². The maximum Gasteiger partial charge on any atom is 0.198 e. The molecule has 0 saturated heterocycles. The number of rotatable bonds is 4. The van der Waals surface area contributed by atoms with E-state index < -0.39 is 15.1 Å². The van der Waals surface area contributed by atoms with Crippen LogP contribution in [0.3, 0.4) is 0 Å². The van der Waals surface area contributed by atoms with E-state index in [2.05, 4.69) is 9.97 Å². The van der Waals surface area contributed by atoms with Crippen LogP contribution < -0.4 is 5.73 Å². The SMILES string of the molecule is CC(C)S(=O)(=O)c1cc(/C(=C/Cl)c2ccccc2)cc2[nH]c(N)nc12. The highest BCUT2D eigenvalue weighted by molar-refractivity contribution is 7.92. The van der Waals surface area contributed by atoms with Gasteiger partial charge in [0.15, 0.2) is 15.8 Å². The molecule has 3 N–H and O–H groups in total. The summed E-state index contributed by atoms with van der Waals surface area (Å²) in [7, 11) is -3.54. The van der Waals surface area contributed by atoms with Gasteiger partial charge in [0.1, 0.15) is 5.52 Å². The van der Waals surface area contributed by atoms with E-state index in [9.17, 15) is 8.42 Å². The van der Waals surface area contributed by atoms with Crippen LogP contribution in [-0.2, 0) is 9.84 Å². The monoisotopic (exact) mass is 375 g/mol. The molecule has 2 aromatic carbocycles. The van der Waals surface area contributed by atoms with Crippen molar-refractivity contribution in [2.24, 2.45) is 0 Å². The van der Waals surface area contributed by atoms with Crippen molar-refractivity contribution in [1.82, 2.24) is 9.97 Å². The Labute approximate surface area is 151 Å². The number of nitrogens with one attached hydrogen (secondary N) is 1. The first kappa shape index (κ1) is 17.5. The maximum absolute atomic E-state index is 12.8. The van der Waals surface area contributed by atoms with Gasteiger partial charge in [-0.05, 0) is 37.1 Å². The van der Waals surface area contributed by atoms with Crippen molar-refractivity contribution < 1.29 is 8.42 Å². The zero-order valence-corrected chi connectivity index (χ0v) is 15.4. The van der Waals surface area contributed by atoms with Gasteiger partial charge in [0.25, 0.3) is 0 Å². The van der Waals surface area contributed by atoms with Crippen molar-refractivity contribution >= 4 is 44.0 Å². The van der Waals surface area contributed by atoms with E-state index in [-0.39, 0.29) is 10.8 Å². The molecule has 5 nitrogen and oxygen atoms in total. The van der Waals surface area contributed by atoms with E-state index in [4.69, 9.17) is 17.3 Å². The lowest BCUT2D eigenvalue weighted by Crippen LogP contribution is -2.15. The van der Waals surface area contributed by atoms with E-state index in [0.717, 1.165) is 11.1 Å². The third-order valence-electron chi connectivity index (χ3n) is 4.00. The summed E-state index contributed by atoms with van der Waals surface area (Å²) in [5, 5.41) is -0.580. The molecule has 0 aliphatic rings. The largest absolute Gasteiger partial charge is 0.369 e. The van der Waals surface area contributed by atoms with Crippen molar-refractivity contribution in [2.45, 2.75) is 24.0 Å². The van der Waals surface area contributed by atoms with Crippen LogP contribution in [0.1, 0.15) is 25.0 Å². The summed E-state index contributed by atoms with van der Waals surface area (Å²) >= 11 is 6.06. The fraction of sp³-hybridized carbons (Fsp3) is 0.167. The van der Waals surface area contributed by atoms with E-state index in [1.807, 2.05) is 30.3 Å². The zero-order chi connectivity index (χ0) is 18.2. The van der Waals surface area contributed by atoms with E-state index in [1.54, 1.807) is 26.0 Å². The molecule has 0 amide bonds. The molecule has 1 heterocycles. The minimum absolute atomic E-state index is 0.148. The maximum atomic E-state index is 12.8. The number of aromatic amines is 1. The molecule has 130 valence electrons. The Hall–Kier alpha value is -2.31. The molecule has 3 rings (SSSR count). The molecule has 0 spiro atoms. The number of sulfone groups is 1. The first-order chi connectivity index (χ1) is 11.8. The number of nitrogens with zero attached hydrogens (tertiary/aromatic N) is 1. The number of nitrogens with two attached hydrogens (primary N) is 1. The highest BCUT2D eigenvalue weighted by Crippen LogP contribution is 2.32. The van der Waals surface area contributed by atoms with Crippen molar-refractivity contribution in [3.63, 3.8) is 0 Å². The van der Waals surface area contributed by atoms with Crippen LogP contribution in [-0.4, -0.2) is 23.6 Å². The highest BCUT2D eigenvalue weighted by Gasteiger charge is 2.25. The molecule has 0 fully saturated rings. The number of imidazole rings is 1. The molecule has 0 aliphatic heterocycles. The first-order valence-electron chi connectivity index (χ1n) is 7.74. The van der Waals surface area contributed by atoms with Crippen LogP contribution in [0.15, 0.2) is 52.9 Å². The lowest BCUT2D eigenvalue weighted by atomic mass is 9.99. The average Bonchev–Trinajstić information content (AvgIpc) is 2.95. The third-order valence-corrected chi connectivity index (χ3v) is 6.39. The Morgan fingerprint density at radius 1 is 1.20 bits per heavy atom. The minimum atomic E-state index is -3.54. The Balaban J connectivity index is 2.31. The molecule has 0 aliphatic carbocycles. The number of halogens is 1. The summed E-state index contributed by atoms with van der Waals surface area (Å²) in [5.74, 6) is 0.170. The van der Waals surface area contributed by atoms with Gasteiger partial charge in [-0.15, -0.1) is 0 Å². The third kappa shape index (κ3) is 3.15. The molecule has 0 saturated carbocycles. The van der Waals surface area contributed by atoms with Gasteiger partial charge in [-0.2, -0.15) is 0 Å². The summed E-state index contributed by atoms with van der Waals surface area (Å²) < 4.78 is 25.6. The minimum Gasteiger partial charge on any atom is -0.369 e. The van der Waals surface area contributed by atoms with Gasteiger partial charge < -0.3 is 10.7 Å². The molecule has 0 atom stereocenters. The van der Waals surface area contributed by atoms with Gasteiger partial charge >= 0.3 is 0 Å². The van der Waals surface area contributed by atoms with Crippen LogP contribution in [0.5, 0.6) is 0 Å². The number of benzene rings is 2. The van der Waals surface area contributed by atoms with Crippen LogP contribution in [0, 0.1) is 0 Å². The molecule has 1 aromatic heterocycles. The first-order valence-corrected chi connectivity index (χ1v) is 9.72. The van der Waals surface area contributed by atoms with Crippen LogP contribution in [0.2, 0.25) is 0 Å². The zero-order valence-electron chi connectivity index (χ0n) is 13.8. The molecule has 3 aromatic rings. The van der Waals surface area contributed by atoms with Gasteiger partial charge in [-0.1, -0.05) is 41.9 Å². The number of hydrogen-bond acceptors (Lipinski definition) is 4. The summed E-state index contributed by atoms with van der Waals surface area (Å²) in [5.41, 5.74) is 10.4. The van der Waals surface area contributed by atoms with Crippen molar-refractivity contribution in [2.75, 3.05) is 5.73 Å². The van der Waals surface area contributed by atoms with Crippen molar-refractivity contribution in [3.8, 4) is 0 Å². The number of fused-ring (bicyclic) bond motifs is 1. The average molecular weight is 376 g/mol. The molecular weight excluding hydrogens is 358 g/mol. The van der Waals surface area contributed by atoms with Crippen molar-refractivity contribution in [1.29, 1.82) is 0 Å². The highest BCUT2D eigenvalue weighted by atomic mass is 35.5. The number of H-pyrrole nitrogens is 1. The summed E-state index contributed by atoms with van der Waals surface area (Å²) in [6.07, 6.45) is 0. The molecule has 25 heavy (non-hydrogen) atoms. The van der Waals surface area contributed by atoms with Gasteiger partial charge in [0.2, 0.25) is 0 Å². The fourth-order valence-corrected chi connectivity index (χ4v) is 4.12. The van der Waals surface area contributed by atoms with Gasteiger partial charge in [-0.25, -0.2) is 13.4 Å². The Morgan fingerprint density at radius 2 is 1.88 bits per heavy atom. The molecule has 0 bridgehead atoms.